The molecule has 0 saturated carbocycles. The first-order valence-electron chi connectivity index (χ1n) is 9.82. The molecule has 5 rings (SSSR count). The van der Waals surface area contributed by atoms with Crippen LogP contribution < -0.4 is 0 Å². The molecule has 4 heteroatoms. The highest BCUT2D eigenvalue weighted by Gasteiger charge is 2.13. The topological polar surface area (TPSA) is 56.8 Å². The third-order valence-corrected chi connectivity index (χ3v) is 6.17. The maximum absolute atomic E-state index is 4.99. The van der Waals surface area contributed by atoms with E-state index in [2.05, 4.69) is 73.0 Å². The van der Waals surface area contributed by atoms with Gasteiger partial charge in [-0.3, -0.25) is 9.98 Å². The molecule has 0 radical (unpaired) electrons. The van der Waals surface area contributed by atoms with Gasteiger partial charge in [0.15, 0.2) is 0 Å². The number of rotatable bonds is 0. The summed E-state index contributed by atoms with van der Waals surface area (Å²) in [5.74, 6) is 0. The number of nitrogens with zero attached hydrogens (tertiary/aromatic N) is 2. The lowest BCUT2D eigenvalue weighted by Gasteiger charge is -1.97. The molecule has 28 heavy (non-hydrogen) atoms. The fraction of sp³-hybridized carbons (Fsp3) is 0.250. The Morgan fingerprint density at radius 1 is 0.679 bits per heavy atom. The second-order valence-electron chi connectivity index (χ2n) is 7.82. The van der Waals surface area contributed by atoms with E-state index in [0.29, 0.717) is 0 Å². The summed E-state index contributed by atoms with van der Waals surface area (Å²) >= 11 is 0. The predicted octanol–water partition coefficient (Wildman–Crippen LogP) is 5.69. The van der Waals surface area contributed by atoms with Crippen LogP contribution in [0.3, 0.4) is 0 Å². The van der Waals surface area contributed by atoms with Gasteiger partial charge in [-0.25, -0.2) is 0 Å². The summed E-state index contributed by atoms with van der Waals surface area (Å²) in [4.78, 5) is 16.8. The monoisotopic (exact) mass is 368 g/mol. The molecule has 140 valence electrons. The van der Waals surface area contributed by atoms with Crippen molar-refractivity contribution in [2.75, 3.05) is 0 Å². The van der Waals surface area contributed by atoms with E-state index in [9.17, 15) is 0 Å². The third kappa shape index (κ3) is 2.60. The summed E-state index contributed by atoms with van der Waals surface area (Å²) in [6.07, 6.45) is 3.94. The highest BCUT2D eigenvalue weighted by atomic mass is 14.8. The van der Waals surface area contributed by atoms with Crippen LogP contribution in [0.15, 0.2) is 35.3 Å². The molecule has 0 saturated heterocycles. The molecule has 2 aliphatic rings. The SMILES string of the molecule is Cc1c2cc(c(C)c3ccc([nH]3)c(C)c3nc(c(C)c4ccc1[nH]4)CC3)N=C2. The number of hydrogen-bond acceptors (Lipinski definition) is 2. The number of H-pyrrole nitrogens is 2. The van der Waals surface area contributed by atoms with Crippen LogP contribution in [0.2, 0.25) is 0 Å². The number of aromatic amines is 2. The predicted molar refractivity (Wildman–Crippen MR) is 117 cm³/mol. The van der Waals surface area contributed by atoms with Gasteiger partial charge in [-0.05, 0) is 98.7 Å². The molecule has 0 atom stereocenters. The fourth-order valence-electron chi connectivity index (χ4n) is 4.09. The van der Waals surface area contributed by atoms with Gasteiger partial charge < -0.3 is 9.97 Å². The minimum atomic E-state index is 0.988. The number of aliphatic imine (C=N–C) groups is 1. The highest BCUT2D eigenvalue weighted by Crippen LogP contribution is 2.28. The van der Waals surface area contributed by atoms with Gasteiger partial charge in [-0.2, -0.15) is 0 Å². The first-order valence-corrected chi connectivity index (χ1v) is 9.82. The van der Waals surface area contributed by atoms with E-state index in [1.807, 2.05) is 6.21 Å². The minimum Gasteiger partial charge on any atom is -0.355 e. The van der Waals surface area contributed by atoms with Crippen molar-refractivity contribution in [2.24, 2.45) is 4.99 Å². The first-order chi connectivity index (χ1) is 13.5. The van der Waals surface area contributed by atoms with Crippen LogP contribution in [-0.4, -0.2) is 21.2 Å². The lowest BCUT2D eigenvalue weighted by atomic mass is 10.1. The standard InChI is InChI=1S/C24H24N4/c1-13-17-11-24(25-12-17)16(4)23-10-9-22(28-23)15(3)21-8-7-20(27-21)14(2)19-6-5-18(13)26-19/h5-6,9-12,26,28H,7-8H2,1-4H3. The van der Waals surface area contributed by atoms with Crippen molar-refractivity contribution >= 4 is 34.0 Å². The molecular weight excluding hydrogens is 344 g/mol. The van der Waals surface area contributed by atoms with E-state index in [-0.39, 0.29) is 0 Å². The van der Waals surface area contributed by atoms with E-state index in [1.165, 1.54) is 28.1 Å². The lowest BCUT2D eigenvalue weighted by Crippen LogP contribution is -1.85. The van der Waals surface area contributed by atoms with E-state index >= 15 is 0 Å². The molecule has 3 aromatic heterocycles. The number of aromatic nitrogens is 3. The molecule has 8 bridgehead atoms. The first kappa shape index (κ1) is 17.0. The number of nitrogens with one attached hydrogen (secondary N) is 2. The van der Waals surface area contributed by atoms with E-state index in [1.54, 1.807) is 0 Å². The molecule has 0 fully saturated rings. The Morgan fingerprint density at radius 2 is 1.18 bits per heavy atom. The zero-order valence-electron chi connectivity index (χ0n) is 16.8. The van der Waals surface area contributed by atoms with Crippen molar-refractivity contribution in [1.82, 2.24) is 15.0 Å². The average Bonchev–Trinajstić information content (AvgIpc) is 3.49. The Balaban J connectivity index is 1.95. The van der Waals surface area contributed by atoms with Crippen LogP contribution >= 0.6 is 0 Å². The van der Waals surface area contributed by atoms with Crippen LogP contribution in [0.5, 0.6) is 0 Å². The molecule has 2 aliphatic heterocycles. The average molecular weight is 368 g/mol. The summed E-state index contributed by atoms with van der Waals surface area (Å²) in [5.41, 5.74) is 13.8. The zero-order valence-corrected chi connectivity index (χ0v) is 16.8. The Morgan fingerprint density at radius 3 is 1.75 bits per heavy atom. The van der Waals surface area contributed by atoms with Crippen molar-refractivity contribution in [3.8, 4) is 0 Å². The van der Waals surface area contributed by atoms with Crippen LogP contribution in [0.25, 0.3) is 22.1 Å². The quantitative estimate of drug-likeness (QED) is 0.412. The lowest BCUT2D eigenvalue weighted by molar-refractivity contribution is 1.01. The molecule has 0 aliphatic carbocycles. The van der Waals surface area contributed by atoms with Gasteiger partial charge in [0, 0.05) is 39.7 Å². The van der Waals surface area contributed by atoms with Gasteiger partial charge in [-0.1, -0.05) is 0 Å². The van der Waals surface area contributed by atoms with E-state index in [0.717, 1.165) is 51.7 Å². The molecule has 0 amide bonds. The van der Waals surface area contributed by atoms with Gasteiger partial charge in [0.2, 0.25) is 0 Å². The molecule has 0 spiro atoms. The van der Waals surface area contributed by atoms with Crippen molar-refractivity contribution in [3.63, 3.8) is 0 Å². The third-order valence-electron chi connectivity index (χ3n) is 6.17. The maximum atomic E-state index is 4.99. The van der Waals surface area contributed by atoms with Crippen LogP contribution in [0, 0.1) is 27.7 Å². The van der Waals surface area contributed by atoms with Crippen LogP contribution in [-0.2, 0) is 12.8 Å². The summed E-state index contributed by atoms with van der Waals surface area (Å²) in [6.45, 7) is 8.60. The second-order valence-corrected chi connectivity index (χ2v) is 7.82. The van der Waals surface area contributed by atoms with Crippen molar-refractivity contribution in [2.45, 2.75) is 40.5 Å². The fourth-order valence-corrected chi connectivity index (χ4v) is 4.09. The van der Waals surface area contributed by atoms with E-state index < -0.39 is 0 Å². The summed E-state index contributed by atoms with van der Waals surface area (Å²) in [6, 6.07) is 10.8. The zero-order chi connectivity index (χ0) is 19.4. The van der Waals surface area contributed by atoms with Gasteiger partial charge in [0.1, 0.15) is 0 Å². The molecule has 4 nitrogen and oxygen atoms in total. The molecule has 0 aromatic carbocycles. The highest BCUT2D eigenvalue weighted by molar-refractivity contribution is 5.92. The van der Waals surface area contributed by atoms with E-state index in [4.69, 9.17) is 4.98 Å². The number of aryl methyl sites for hydroxylation is 6. The van der Waals surface area contributed by atoms with Crippen LogP contribution in [0.4, 0.5) is 5.69 Å². The van der Waals surface area contributed by atoms with Crippen molar-refractivity contribution in [3.05, 3.63) is 69.5 Å². The van der Waals surface area contributed by atoms with Gasteiger partial charge in [0.25, 0.3) is 0 Å². The molecule has 0 unspecified atom stereocenters. The maximum Gasteiger partial charge on any atom is 0.0686 e. The Kier molecular flexibility index (Phi) is 3.76. The summed E-state index contributed by atoms with van der Waals surface area (Å²) < 4.78 is 0. The molecule has 2 N–H and O–H groups in total. The minimum absolute atomic E-state index is 0.988. The molecule has 3 aromatic rings. The summed E-state index contributed by atoms with van der Waals surface area (Å²) in [7, 11) is 0. The van der Waals surface area contributed by atoms with Crippen molar-refractivity contribution < 1.29 is 0 Å². The van der Waals surface area contributed by atoms with Gasteiger partial charge in [0.05, 0.1) is 5.69 Å². The largest absolute Gasteiger partial charge is 0.355 e. The molecule has 5 heterocycles. The van der Waals surface area contributed by atoms with Crippen LogP contribution in [0.1, 0.15) is 39.2 Å². The van der Waals surface area contributed by atoms with Gasteiger partial charge >= 0.3 is 0 Å². The second kappa shape index (κ2) is 6.20. The molecular formula is C24H24N4. The summed E-state index contributed by atoms with van der Waals surface area (Å²) in [5, 5.41) is 0. The smallest absolute Gasteiger partial charge is 0.0686 e. The Hall–Kier alpha value is -3.14. The Labute approximate surface area is 164 Å². The number of fused-ring (bicyclic) bond motifs is 8. The van der Waals surface area contributed by atoms with Crippen molar-refractivity contribution in [1.29, 1.82) is 0 Å². The Bertz CT molecular complexity index is 1200. The normalized spacial score (nSPS) is 13.3. The van der Waals surface area contributed by atoms with Gasteiger partial charge in [-0.15, -0.1) is 0 Å². The number of hydrogen-bond donors (Lipinski definition) is 2.